The Morgan fingerprint density at radius 3 is 2.55 bits per heavy atom. The van der Waals surface area contributed by atoms with Crippen LogP contribution >= 0.6 is 0 Å². The van der Waals surface area contributed by atoms with Crippen molar-refractivity contribution in [2.24, 2.45) is 0 Å². The number of carbonyl (C=O) groups is 1. The first-order valence-corrected chi connectivity index (χ1v) is 7.90. The zero-order valence-corrected chi connectivity index (χ0v) is 13.1. The highest BCUT2D eigenvalue weighted by Gasteiger charge is 2.29. The summed E-state index contributed by atoms with van der Waals surface area (Å²) in [5.41, 5.74) is 0.292. The Balaban J connectivity index is 2.76. The van der Waals surface area contributed by atoms with Crippen LogP contribution in [0.3, 0.4) is 0 Å². The maximum absolute atomic E-state index is 12.3. The van der Waals surface area contributed by atoms with Gasteiger partial charge in [-0.15, -0.1) is 0 Å². The van der Waals surface area contributed by atoms with Crippen molar-refractivity contribution in [3.63, 3.8) is 0 Å². The molecule has 0 radical (unpaired) electrons. The molecule has 1 aromatic heterocycles. The number of likely N-dealkylation sites (N-methyl/N-ethyl adjacent to an activating group) is 1. The predicted octanol–water partition coefficient (Wildman–Crippen LogP) is 0.828. The van der Waals surface area contributed by atoms with Crippen molar-refractivity contribution in [1.82, 2.24) is 14.8 Å². The lowest BCUT2D eigenvalue weighted by molar-refractivity contribution is -0.121. The molecule has 0 aliphatic rings. The molecule has 7 nitrogen and oxygen atoms in total. The molecule has 0 aromatic carbocycles. The van der Waals surface area contributed by atoms with E-state index in [1.807, 2.05) is 6.92 Å². The van der Waals surface area contributed by atoms with Crippen LogP contribution in [-0.4, -0.2) is 43.9 Å². The predicted molar refractivity (Wildman–Crippen MR) is 73.7 cm³/mol. The minimum atomic E-state index is -3.77. The van der Waals surface area contributed by atoms with E-state index < -0.39 is 10.0 Å². The third kappa shape index (κ3) is 3.80. The maximum Gasteiger partial charge on any atom is 0.248 e. The summed E-state index contributed by atoms with van der Waals surface area (Å²) < 4.78 is 30.6. The number of rotatable bonds is 7. The summed E-state index contributed by atoms with van der Waals surface area (Å²) in [7, 11) is -2.40. The van der Waals surface area contributed by atoms with Crippen LogP contribution in [0.15, 0.2) is 9.42 Å². The fraction of sp³-hybridized carbons (Fsp3) is 0.667. The van der Waals surface area contributed by atoms with Crippen molar-refractivity contribution in [3.8, 4) is 0 Å². The largest absolute Gasteiger partial charge is 0.360 e. The number of nitrogens with zero attached hydrogens (tertiary/aromatic N) is 2. The molecule has 1 aromatic rings. The number of amides is 1. The topological polar surface area (TPSA) is 92.5 Å². The van der Waals surface area contributed by atoms with E-state index in [-0.39, 0.29) is 23.1 Å². The smallest absolute Gasteiger partial charge is 0.248 e. The first-order chi connectivity index (χ1) is 9.30. The Morgan fingerprint density at radius 2 is 2.05 bits per heavy atom. The van der Waals surface area contributed by atoms with Gasteiger partial charge in [-0.1, -0.05) is 18.5 Å². The van der Waals surface area contributed by atoms with E-state index >= 15 is 0 Å². The number of aryl methyl sites for hydroxylation is 2. The molecular weight excluding hydrogens is 282 g/mol. The van der Waals surface area contributed by atoms with Gasteiger partial charge in [-0.05, 0) is 20.3 Å². The molecule has 1 heterocycles. The summed E-state index contributed by atoms with van der Waals surface area (Å²) in [6.45, 7) is 5.42. The van der Waals surface area contributed by atoms with E-state index in [1.165, 1.54) is 14.0 Å². The highest BCUT2D eigenvalue weighted by Crippen LogP contribution is 2.21. The molecule has 0 aliphatic carbocycles. The number of hydrogen-bond acceptors (Lipinski definition) is 5. The zero-order valence-electron chi connectivity index (χ0n) is 12.3. The molecular formula is C12H21N3O4S. The highest BCUT2D eigenvalue weighted by molar-refractivity contribution is 7.89. The third-order valence-corrected chi connectivity index (χ3v) is 4.90. The summed E-state index contributed by atoms with van der Waals surface area (Å²) in [6.07, 6.45) is 1.83. The van der Waals surface area contributed by atoms with Crippen LogP contribution in [-0.2, 0) is 14.8 Å². The fourth-order valence-corrected chi connectivity index (χ4v) is 3.16. The van der Waals surface area contributed by atoms with Crippen molar-refractivity contribution in [1.29, 1.82) is 0 Å². The minimum absolute atomic E-state index is 0.0290. The molecule has 0 atom stereocenters. The normalized spacial score (nSPS) is 11.8. The summed E-state index contributed by atoms with van der Waals surface area (Å²) in [6, 6.07) is 0. The standard InChI is InChI=1S/C12H21N3O4S/c1-5-6-7-13-11(16)8-15(4)20(17,18)12-9(2)14-19-10(12)3/h5-8H2,1-4H3,(H,13,16). The summed E-state index contributed by atoms with van der Waals surface area (Å²) >= 11 is 0. The quantitative estimate of drug-likeness (QED) is 0.753. The second-order valence-corrected chi connectivity index (χ2v) is 6.60. The van der Waals surface area contributed by atoms with Gasteiger partial charge in [0.25, 0.3) is 0 Å². The SMILES string of the molecule is CCCCNC(=O)CN(C)S(=O)(=O)c1c(C)noc1C. The van der Waals surface area contributed by atoms with Gasteiger partial charge in [0.1, 0.15) is 10.6 Å². The number of nitrogens with one attached hydrogen (secondary N) is 1. The van der Waals surface area contributed by atoms with Crippen LogP contribution in [0.2, 0.25) is 0 Å². The average Bonchev–Trinajstić information content (AvgIpc) is 2.69. The van der Waals surface area contributed by atoms with Crippen molar-refractivity contribution in [2.45, 2.75) is 38.5 Å². The van der Waals surface area contributed by atoms with Gasteiger partial charge in [-0.3, -0.25) is 4.79 Å². The van der Waals surface area contributed by atoms with Crippen LogP contribution in [0.1, 0.15) is 31.2 Å². The minimum Gasteiger partial charge on any atom is -0.360 e. The van der Waals surface area contributed by atoms with E-state index in [4.69, 9.17) is 4.52 Å². The van der Waals surface area contributed by atoms with E-state index in [1.54, 1.807) is 6.92 Å². The monoisotopic (exact) mass is 303 g/mol. The van der Waals surface area contributed by atoms with Crippen LogP contribution in [0, 0.1) is 13.8 Å². The Bertz CT molecular complexity index is 546. The second-order valence-electron chi connectivity index (χ2n) is 4.62. The van der Waals surface area contributed by atoms with Crippen LogP contribution < -0.4 is 5.32 Å². The van der Waals surface area contributed by atoms with Crippen LogP contribution in [0.4, 0.5) is 0 Å². The second kappa shape index (κ2) is 6.85. The fourth-order valence-electron chi connectivity index (χ4n) is 1.75. The molecule has 0 aliphatic heterocycles. The molecule has 8 heteroatoms. The van der Waals surface area contributed by atoms with Gasteiger partial charge < -0.3 is 9.84 Å². The van der Waals surface area contributed by atoms with E-state index in [0.717, 1.165) is 17.1 Å². The van der Waals surface area contributed by atoms with Crippen molar-refractivity contribution in [3.05, 3.63) is 11.5 Å². The van der Waals surface area contributed by atoms with Gasteiger partial charge in [-0.2, -0.15) is 4.31 Å². The zero-order chi connectivity index (χ0) is 15.3. The molecule has 0 saturated heterocycles. The third-order valence-electron chi connectivity index (χ3n) is 2.85. The summed E-state index contributed by atoms with van der Waals surface area (Å²) in [5, 5.41) is 6.30. The van der Waals surface area contributed by atoms with Crippen LogP contribution in [0.25, 0.3) is 0 Å². The lowest BCUT2D eigenvalue weighted by atomic mass is 10.3. The van der Waals surface area contributed by atoms with Crippen molar-refractivity contribution < 1.29 is 17.7 Å². The van der Waals surface area contributed by atoms with Gasteiger partial charge >= 0.3 is 0 Å². The molecule has 1 amide bonds. The van der Waals surface area contributed by atoms with Crippen molar-refractivity contribution >= 4 is 15.9 Å². The molecule has 20 heavy (non-hydrogen) atoms. The molecule has 1 rings (SSSR count). The molecule has 114 valence electrons. The first-order valence-electron chi connectivity index (χ1n) is 6.46. The number of hydrogen-bond donors (Lipinski definition) is 1. The van der Waals surface area contributed by atoms with Gasteiger partial charge in [0, 0.05) is 13.6 Å². The molecule has 1 N–H and O–H groups in total. The Hall–Kier alpha value is -1.41. The number of carbonyl (C=O) groups excluding carboxylic acids is 1. The Labute approximate surface area is 119 Å². The average molecular weight is 303 g/mol. The summed E-state index contributed by atoms with van der Waals surface area (Å²) in [4.78, 5) is 11.7. The molecule has 0 unspecified atom stereocenters. The first kappa shape index (κ1) is 16.6. The number of unbranched alkanes of at least 4 members (excludes halogenated alkanes) is 1. The highest BCUT2D eigenvalue weighted by atomic mass is 32.2. The van der Waals surface area contributed by atoms with E-state index in [9.17, 15) is 13.2 Å². The van der Waals surface area contributed by atoms with Crippen molar-refractivity contribution in [2.75, 3.05) is 20.1 Å². The lowest BCUT2D eigenvalue weighted by Crippen LogP contribution is -2.38. The lowest BCUT2D eigenvalue weighted by Gasteiger charge is -2.16. The van der Waals surface area contributed by atoms with Gasteiger partial charge in [-0.25, -0.2) is 8.42 Å². The number of sulfonamides is 1. The molecule has 0 spiro atoms. The Morgan fingerprint density at radius 1 is 1.40 bits per heavy atom. The number of aromatic nitrogens is 1. The van der Waals surface area contributed by atoms with Gasteiger partial charge in [0.15, 0.2) is 5.76 Å². The molecule has 0 saturated carbocycles. The van der Waals surface area contributed by atoms with Gasteiger partial charge in [0.2, 0.25) is 15.9 Å². The van der Waals surface area contributed by atoms with Gasteiger partial charge in [0.05, 0.1) is 6.54 Å². The molecule has 0 bridgehead atoms. The molecule has 0 fully saturated rings. The summed E-state index contributed by atoms with van der Waals surface area (Å²) in [5.74, 6) is -0.1000. The van der Waals surface area contributed by atoms with E-state index in [2.05, 4.69) is 10.5 Å². The Kier molecular flexibility index (Phi) is 5.70. The maximum atomic E-state index is 12.3. The van der Waals surface area contributed by atoms with Crippen LogP contribution in [0.5, 0.6) is 0 Å². The van der Waals surface area contributed by atoms with E-state index in [0.29, 0.717) is 12.2 Å².